The maximum atomic E-state index is 12.9. The van der Waals surface area contributed by atoms with Gasteiger partial charge in [-0.1, -0.05) is 36.4 Å². The standard InChI is InChI=1S/C21H21N5O2/c27-20(23-19-10-4-5-11-22-19)16-9-6-12-26(14-16)21(28)18-13-17(24-25-18)15-7-2-1-3-8-15/h1-5,7-8,10-11,13,16H,6,9,12,14H2,(H,24,25)(H,22,23,27)/t16-/m1/s1. The van der Waals surface area contributed by atoms with Crippen LogP contribution in [-0.2, 0) is 4.79 Å². The van der Waals surface area contributed by atoms with Crippen LogP contribution in [0, 0.1) is 5.92 Å². The van der Waals surface area contributed by atoms with Crippen LogP contribution in [0.1, 0.15) is 23.3 Å². The molecule has 0 aliphatic carbocycles. The molecule has 0 unspecified atom stereocenters. The summed E-state index contributed by atoms with van der Waals surface area (Å²) in [5, 5.41) is 9.91. The average Bonchev–Trinajstić information content (AvgIpc) is 3.25. The minimum Gasteiger partial charge on any atom is -0.337 e. The van der Waals surface area contributed by atoms with Crippen molar-refractivity contribution in [3.05, 3.63) is 66.5 Å². The van der Waals surface area contributed by atoms with Gasteiger partial charge in [-0.2, -0.15) is 5.10 Å². The molecule has 1 fully saturated rings. The number of aromatic nitrogens is 3. The molecule has 7 nitrogen and oxygen atoms in total. The number of nitrogens with one attached hydrogen (secondary N) is 2. The van der Waals surface area contributed by atoms with Crippen LogP contribution in [0.5, 0.6) is 0 Å². The molecule has 28 heavy (non-hydrogen) atoms. The van der Waals surface area contributed by atoms with Crippen molar-refractivity contribution < 1.29 is 9.59 Å². The summed E-state index contributed by atoms with van der Waals surface area (Å²) in [5.74, 6) is 0.0315. The number of amides is 2. The molecule has 1 saturated heterocycles. The summed E-state index contributed by atoms with van der Waals surface area (Å²) in [6, 6.07) is 16.8. The molecule has 2 amide bonds. The summed E-state index contributed by atoms with van der Waals surface area (Å²) in [5.41, 5.74) is 2.11. The highest BCUT2D eigenvalue weighted by atomic mass is 16.2. The first-order valence-electron chi connectivity index (χ1n) is 9.33. The largest absolute Gasteiger partial charge is 0.337 e. The van der Waals surface area contributed by atoms with Crippen molar-refractivity contribution in [1.82, 2.24) is 20.1 Å². The second-order valence-corrected chi connectivity index (χ2v) is 6.83. The lowest BCUT2D eigenvalue weighted by atomic mass is 9.97. The molecule has 3 aromatic rings. The summed E-state index contributed by atoms with van der Waals surface area (Å²) in [7, 11) is 0. The summed E-state index contributed by atoms with van der Waals surface area (Å²) in [4.78, 5) is 31.3. The Balaban J connectivity index is 1.42. The molecule has 1 aliphatic heterocycles. The van der Waals surface area contributed by atoms with Crippen molar-refractivity contribution in [2.75, 3.05) is 18.4 Å². The SMILES string of the molecule is O=C(Nc1ccccn1)[C@@H]1CCCN(C(=O)c2cc(-c3ccccc3)n[nH]2)C1. The summed E-state index contributed by atoms with van der Waals surface area (Å²) >= 11 is 0. The van der Waals surface area contributed by atoms with Gasteiger partial charge in [-0.15, -0.1) is 0 Å². The Morgan fingerprint density at radius 3 is 2.71 bits per heavy atom. The van der Waals surface area contributed by atoms with E-state index in [1.807, 2.05) is 36.4 Å². The lowest BCUT2D eigenvalue weighted by molar-refractivity contribution is -0.121. The third kappa shape index (κ3) is 3.93. The third-order valence-electron chi connectivity index (χ3n) is 4.87. The Labute approximate surface area is 162 Å². The number of carbonyl (C=O) groups excluding carboxylic acids is 2. The van der Waals surface area contributed by atoms with E-state index in [0.717, 1.165) is 24.1 Å². The first-order valence-corrected chi connectivity index (χ1v) is 9.33. The smallest absolute Gasteiger partial charge is 0.271 e. The highest BCUT2D eigenvalue weighted by Crippen LogP contribution is 2.22. The highest BCUT2D eigenvalue weighted by Gasteiger charge is 2.30. The molecule has 0 radical (unpaired) electrons. The van der Waals surface area contributed by atoms with E-state index in [1.54, 1.807) is 29.3 Å². The van der Waals surface area contributed by atoms with Gasteiger partial charge in [0, 0.05) is 24.8 Å². The van der Waals surface area contributed by atoms with Gasteiger partial charge in [-0.25, -0.2) is 4.98 Å². The Hall–Kier alpha value is -3.48. The van der Waals surface area contributed by atoms with E-state index >= 15 is 0 Å². The van der Waals surface area contributed by atoms with Crippen LogP contribution < -0.4 is 5.32 Å². The molecule has 0 bridgehead atoms. The van der Waals surface area contributed by atoms with Gasteiger partial charge < -0.3 is 10.2 Å². The van der Waals surface area contributed by atoms with Crippen molar-refractivity contribution >= 4 is 17.6 Å². The Morgan fingerprint density at radius 2 is 1.93 bits per heavy atom. The second kappa shape index (κ2) is 8.04. The van der Waals surface area contributed by atoms with Crippen molar-refractivity contribution in [2.24, 2.45) is 5.92 Å². The second-order valence-electron chi connectivity index (χ2n) is 6.83. The third-order valence-corrected chi connectivity index (χ3v) is 4.87. The van der Waals surface area contributed by atoms with E-state index in [-0.39, 0.29) is 17.7 Å². The number of pyridine rings is 1. The number of likely N-dealkylation sites (tertiary alicyclic amines) is 1. The summed E-state index contributed by atoms with van der Waals surface area (Å²) in [6.07, 6.45) is 3.17. The zero-order valence-corrected chi connectivity index (χ0v) is 15.3. The lowest BCUT2D eigenvalue weighted by Crippen LogP contribution is -2.44. The van der Waals surface area contributed by atoms with Crippen molar-refractivity contribution in [1.29, 1.82) is 0 Å². The molecule has 2 N–H and O–H groups in total. The molecule has 2 aromatic heterocycles. The molecule has 0 spiro atoms. The molecule has 4 rings (SSSR count). The predicted molar refractivity (Wildman–Crippen MR) is 106 cm³/mol. The molecule has 1 aromatic carbocycles. The van der Waals surface area contributed by atoms with Gasteiger partial charge in [0.05, 0.1) is 11.6 Å². The zero-order valence-electron chi connectivity index (χ0n) is 15.3. The maximum absolute atomic E-state index is 12.9. The van der Waals surface area contributed by atoms with Crippen molar-refractivity contribution in [3.8, 4) is 11.3 Å². The number of anilines is 1. The first-order chi connectivity index (χ1) is 13.7. The van der Waals surface area contributed by atoms with Gasteiger partial charge in [0.2, 0.25) is 5.91 Å². The minimum atomic E-state index is -0.253. The van der Waals surface area contributed by atoms with Crippen LogP contribution in [-0.4, -0.2) is 45.0 Å². The monoisotopic (exact) mass is 375 g/mol. The van der Waals surface area contributed by atoms with Crippen LogP contribution in [0.4, 0.5) is 5.82 Å². The maximum Gasteiger partial charge on any atom is 0.271 e. The molecule has 7 heteroatoms. The van der Waals surface area contributed by atoms with E-state index in [1.165, 1.54) is 0 Å². The van der Waals surface area contributed by atoms with Crippen LogP contribution >= 0.6 is 0 Å². The van der Waals surface area contributed by atoms with Crippen LogP contribution in [0.3, 0.4) is 0 Å². The number of rotatable bonds is 4. The number of carbonyl (C=O) groups is 2. The van der Waals surface area contributed by atoms with E-state index in [4.69, 9.17) is 0 Å². The number of aromatic amines is 1. The fourth-order valence-corrected chi connectivity index (χ4v) is 3.40. The topological polar surface area (TPSA) is 91.0 Å². The molecule has 1 aliphatic rings. The molecule has 0 saturated carbocycles. The quantitative estimate of drug-likeness (QED) is 0.733. The van der Waals surface area contributed by atoms with Gasteiger partial charge in [-0.3, -0.25) is 14.7 Å². The summed E-state index contributed by atoms with van der Waals surface area (Å²) < 4.78 is 0. The minimum absolute atomic E-state index is 0.106. The number of piperidine rings is 1. The number of hydrogen-bond donors (Lipinski definition) is 2. The molecule has 3 heterocycles. The number of benzene rings is 1. The van der Waals surface area contributed by atoms with E-state index in [0.29, 0.717) is 24.6 Å². The fourth-order valence-electron chi connectivity index (χ4n) is 3.40. The van der Waals surface area contributed by atoms with Crippen molar-refractivity contribution in [2.45, 2.75) is 12.8 Å². The van der Waals surface area contributed by atoms with Crippen LogP contribution in [0.15, 0.2) is 60.8 Å². The Bertz CT molecular complexity index is 955. The fraction of sp³-hybridized carbons (Fsp3) is 0.238. The molecular weight excluding hydrogens is 354 g/mol. The Morgan fingerprint density at radius 1 is 1.11 bits per heavy atom. The van der Waals surface area contributed by atoms with Gasteiger partial charge in [-0.05, 0) is 31.0 Å². The van der Waals surface area contributed by atoms with Gasteiger partial charge in [0.1, 0.15) is 11.5 Å². The van der Waals surface area contributed by atoms with Gasteiger partial charge in [0.25, 0.3) is 5.91 Å². The van der Waals surface area contributed by atoms with E-state index < -0.39 is 0 Å². The van der Waals surface area contributed by atoms with Crippen LogP contribution in [0.2, 0.25) is 0 Å². The number of hydrogen-bond acceptors (Lipinski definition) is 4. The number of H-pyrrole nitrogens is 1. The van der Waals surface area contributed by atoms with Crippen LogP contribution in [0.25, 0.3) is 11.3 Å². The van der Waals surface area contributed by atoms with E-state index in [9.17, 15) is 9.59 Å². The van der Waals surface area contributed by atoms with Crippen molar-refractivity contribution in [3.63, 3.8) is 0 Å². The van der Waals surface area contributed by atoms with Gasteiger partial charge >= 0.3 is 0 Å². The normalized spacial score (nSPS) is 16.6. The summed E-state index contributed by atoms with van der Waals surface area (Å²) in [6.45, 7) is 1.02. The average molecular weight is 375 g/mol. The molecule has 142 valence electrons. The molecule has 1 atom stereocenters. The van der Waals surface area contributed by atoms with E-state index in [2.05, 4.69) is 20.5 Å². The zero-order chi connectivity index (χ0) is 19.3. The lowest BCUT2D eigenvalue weighted by Gasteiger charge is -2.31. The van der Waals surface area contributed by atoms with Gasteiger partial charge in [0.15, 0.2) is 0 Å². The Kier molecular flexibility index (Phi) is 5.14. The highest BCUT2D eigenvalue weighted by molar-refractivity contribution is 5.95. The number of nitrogens with zero attached hydrogens (tertiary/aromatic N) is 3. The predicted octanol–water partition coefficient (Wildman–Crippen LogP) is 2.96. The first kappa shape index (κ1) is 17.9. The molecular formula is C21H21N5O2.